The second-order valence-corrected chi connectivity index (χ2v) is 11.9. The lowest BCUT2D eigenvalue weighted by atomic mass is 10.2. The zero-order chi connectivity index (χ0) is 26.7. The molecule has 1 amide bonds. The molecular weight excluding hydrogens is 575 g/mol. The highest BCUT2D eigenvalue weighted by Gasteiger charge is 2.30. The summed E-state index contributed by atoms with van der Waals surface area (Å²) in [5.74, 6) is -0.511. The number of benzene rings is 3. The lowest BCUT2D eigenvalue weighted by molar-refractivity contribution is 0.0978. The molecule has 2 N–H and O–H groups in total. The van der Waals surface area contributed by atoms with Gasteiger partial charge >= 0.3 is 0 Å². The van der Waals surface area contributed by atoms with Crippen LogP contribution in [0.1, 0.15) is 15.9 Å². The van der Waals surface area contributed by atoms with E-state index in [1.807, 2.05) is 11.8 Å². The van der Waals surface area contributed by atoms with Gasteiger partial charge in [0, 0.05) is 26.2 Å². The number of nitrogens with one attached hydrogen (secondary N) is 2. The Morgan fingerprint density at radius 1 is 0.892 bits per heavy atom. The molecule has 0 aliphatic carbocycles. The SMILES string of the molecule is Cc1ccc(S(=O)(=O)N2CCN(c3c(Cl)cccc3NC(=S)NC(=O)c3cccc(Cl)c3Cl)CC2)cc1. The molecule has 1 saturated heterocycles. The highest BCUT2D eigenvalue weighted by atomic mass is 35.5. The van der Waals surface area contributed by atoms with Crippen LogP contribution in [0.15, 0.2) is 65.6 Å². The monoisotopic (exact) mass is 596 g/mol. The number of thiocarbonyl (C=S) groups is 1. The van der Waals surface area contributed by atoms with Gasteiger partial charge in [0.15, 0.2) is 5.11 Å². The molecule has 0 atom stereocenters. The van der Waals surface area contributed by atoms with E-state index in [-0.39, 0.29) is 38.7 Å². The van der Waals surface area contributed by atoms with E-state index < -0.39 is 15.9 Å². The van der Waals surface area contributed by atoms with Gasteiger partial charge in [0.2, 0.25) is 10.0 Å². The van der Waals surface area contributed by atoms with Crippen molar-refractivity contribution >= 4 is 79.4 Å². The summed E-state index contributed by atoms with van der Waals surface area (Å²) in [6.45, 7) is 3.32. The van der Waals surface area contributed by atoms with Gasteiger partial charge in [-0.05, 0) is 55.5 Å². The maximum atomic E-state index is 13.1. The molecule has 12 heteroatoms. The number of sulfonamides is 1. The molecule has 0 unspecified atom stereocenters. The summed E-state index contributed by atoms with van der Waals surface area (Å²) in [5, 5.41) is 6.52. The van der Waals surface area contributed by atoms with Crippen LogP contribution in [0.2, 0.25) is 15.1 Å². The second kappa shape index (κ2) is 11.6. The molecule has 0 spiro atoms. The third kappa shape index (κ3) is 6.19. The van der Waals surface area contributed by atoms with Gasteiger partial charge in [-0.2, -0.15) is 4.31 Å². The van der Waals surface area contributed by atoms with Crippen molar-refractivity contribution in [2.45, 2.75) is 11.8 Å². The van der Waals surface area contributed by atoms with Gasteiger partial charge in [-0.25, -0.2) is 8.42 Å². The fourth-order valence-electron chi connectivity index (χ4n) is 3.95. The van der Waals surface area contributed by atoms with Gasteiger partial charge in [-0.15, -0.1) is 0 Å². The number of aryl methyl sites for hydroxylation is 1. The van der Waals surface area contributed by atoms with Gasteiger partial charge in [-0.1, -0.05) is 64.6 Å². The van der Waals surface area contributed by atoms with E-state index in [1.54, 1.807) is 60.7 Å². The highest BCUT2D eigenvalue weighted by Crippen LogP contribution is 2.35. The van der Waals surface area contributed by atoms with Gasteiger partial charge < -0.3 is 10.2 Å². The van der Waals surface area contributed by atoms with E-state index in [2.05, 4.69) is 10.6 Å². The Kier molecular flexibility index (Phi) is 8.63. The van der Waals surface area contributed by atoms with Gasteiger partial charge in [0.05, 0.1) is 36.9 Å². The lowest BCUT2D eigenvalue weighted by Gasteiger charge is -2.36. The number of piperazine rings is 1. The zero-order valence-electron chi connectivity index (χ0n) is 19.7. The smallest absolute Gasteiger partial charge is 0.258 e. The van der Waals surface area contributed by atoms with Crippen LogP contribution in [-0.2, 0) is 10.0 Å². The van der Waals surface area contributed by atoms with E-state index in [9.17, 15) is 13.2 Å². The number of para-hydroxylation sites is 1. The first-order valence-electron chi connectivity index (χ1n) is 11.2. The van der Waals surface area contributed by atoms with Crippen molar-refractivity contribution in [2.75, 3.05) is 36.4 Å². The van der Waals surface area contributed by atoms with Gasteiger partial charge in [0.1, 0.15) is 0 Å². The summed E-state index contributed by atoms with van der Waals surface area (Å²) in [5.41, 5.74) is 2.42. The molecule has 4 rings (SSSR count). The van der Waals surface area contributed by atoms with Crippen LogP contribution in [0.4, 0.5) is 11.4 Å². The Morgan fingerprint density at radius 2 is 1.51 bits per heavy atom. The number of nitrogens with zero attached hydrogens (tertiary/aromatic N) is 2. The molecular formula is C25H23Cl3N4O3S2. The van der Waals surface area contributed by atoms with Crippen LogP contribution in [0, 0.1) is 6.92 Å². The molecule has 1 aliphatic heterocycles. The van der Waals surface area contributed by atoms with Crippen molar-refractivity contribution in [3.8, 4) is 0 Å². The lowest BCUT2D eigenvalue weighted by Crippen LogP contribution is -2.49. The summed E-state index contributed by atoms with van der Waals surface area (Å²) in [6, 6.07) is 16.8. The van der Waals surface area contributed by atoms with Crippen molar-refractivity contribution in [2.24, 2.45) is 0 Å². The fourth-order valence-corrected chi connectivity index (χ4v) is 6.26. The van der Waals surface area contributed by atoms with Crippen molar-refractivity contribution < 1.29 is 13.2 Å². The summed E-state index contributed by atoms with van der Waals surface area (Å²) >= 11 is 24.0. The minimum atomic E-state index is -3.60. The normalized spacial score (nSPS) is 14.3. The summed E-state index contributed by atoms with van der Waals surface area (Å²) in [6.07, 6.45) is 0. The minimum absolute atomic E-state index is 0.0464. The van der Waals surface area contributed by atoms with Crippen LogP contribution >= 0.6 is 47.0 Å². The molecule has 0 saturated carbocycles. The molecule has 1 aliphatic rings. The average molecular weight is 598 g/mol. The maximum absolute atomic E-state index is 13.1. The van der Waals surface area contributed by atoms with Crippen molar-refractivity contribution in [1.29, 1.82) is 0 Å². The minimum Gasteiger partial charge on any atom is -0.366 e. The van der Waals surface area contributed by atoms with Crippen LogP contribution in [0.5, 0.6) is 0 Å². The highest BCUT2D eigenvalue weighted by molar-refractivity contribution is 7.89. The number of carbonyl (C=O) groups excluding carboxylic acids is 1. The van der Waals surface area contributed by atoms with Gasteiger partial charge in [-0.3, -0.25) is 10.1 Å². The number of hydrogen-bond donors (Lipinski definition) is 2. The number of carbonyl (C=O) groups is 1. The third-order valence-electron chi connectivity index (χ3n) is 5.87. The molecule has 1 fully saturated rings. The predicted molar refractivity (Wildman–Crippen MR) is 154 cm³/mol. The molecule has 3 aromatic carbocycles. The van der Waals surface area contributed by atoms with Crippen molar-refractivity contribution in [3.63, 3.8) is 0 Å². The topological polar surface area (TPSA) is 81.8 Å². The first-order valence-corrected chi connectivity index (χ1v) is 14.2. The molecule has 3 aromatic rings. The summed E-state index contributed by atoms with van der Waals surface area (Å²) in [7, 11) is -3.60. The Morgan fingerprint density at radius 3 is 2.19 bits per heavy atom. The third-order valence-corrected chi connectivity index (χ3v) is 9.11. The van der Waals surface area contributed by atoms with Crippen molar-refractivity contribution in [3.05, 3.63) is 86.9 Å². The molecule has 194 valence electrons. The van der Waals surface area contributed by atoms with Crippen LogP contribution < -0.4 is 15.5 Å². The Bertz CT molecular complexity index is 1440. The molecule has 0 radical (unpaired) electrons. The molecule has 1 heterocycles. The van der Waals surface area contributed by atoms with E-state index >= 15 is 0 Å². The Balaban J connectivity index is 1.46. The molecule has 7 nitrogen and oxygen atoms in total. The first-order chi connectivity index (χ1) is 17.6. The second-order valence-electron chi connectivity index (χ2n) is 8.35. The van der Waals surface area contributed by atoms with Crippen LogP contribution in [0.3, 0.4) is 0 Å². The first kappa shape index (κ1) is 27.6. The quantitative estimate of drug-likeness (QED) is 0.373. The maximum Gasteiger partial charge on any atom is 0.258 e. The Hall–Kier alpha value is -2.40. The Labute approximate surface area is 236 Å². The standard InChI is InChI=1S/C25H23Cl3N4O3S2/c1-16-8-10-17(11-9-16)37(34,35)32-14-12-31(13-15-32)23-20(27)6-3-7-21(23)29-25(36)30-24(33)18-4-2-5-19(26)22(18)28/h2-11H,12-15H2,1H3,(H2,29,30,33,36). The number of hydrogen-bond acceptors (Lipinski definition) is 5. The predicted octanol–water partition coefficient (Wildman–Crippen LogP) is 5.59. The van der Waals surface area contributed by atoms with Crippen LogP contribution in [0.25, 0.3) is 0 Å². The van der Waals surface area contributed by atoms with Gasteiger partial charge in [0.25, 0.3) is 5.91 Å². The average Bonchev–Trinajstić information content (AvgIpc) is 2.86. The van der Waals surface area contributed by atoms with E-state index in [1.165, 1.54) is 4.31 Å². The summed E-state index contributed by atoms with van der Waals surface area (Å²) in [4.78, 5) is 14.9. The summed E-state index contributed by atoms with van der Waals surface area (Å²) < 4.78 is 27.6. The van der Waals surface area contributed by atoms with E-state index in [0.717, 1.165) is 5.56 Å². The number of anilines is 2. The fraction of sp³-hybridized carbons (Fsp3) is 0.200. The largest absolute Gasteiger partial charge is 0.366 e. The van der Waals surface area contributed by atoms with Crippen molar-refractivity contribution in [1.82, 2.24) is 9.62 Å². The number of halogens is 3. The van der Waals surface area contributed by atoms with Crippen LogP contribution in [-0.4, -0.2) is 49.9 Å². The number of amides is 1. The molecule has 0 bridgehead atoms. The number of rotatable bonds is 5. The molecule has 0 aromatic heterocycles. The molecule has 37 heavy (non-hydrogen) atoms. The van der Waals surface area contributed by atoms with E-state index in [0.29, 0.717) is 29.5 Å². The zero-order valence-corrected chi connectivity index (χ0v) is 23.6. The van der Waals surface area contributed by atoms with E-state index in [4.69, 9.17) is 47.0 Å².